The third-order valence-corrected chi connectivity index (χ3v) is 2.54. The first-order valence-corrected chi connectivity index (χ1v) is 6.12. The molecule has 0 saturated heterocycles. The van der Waals surface area contributed by atoms with Crippen LogP contribution in [-0.4, -0.2) is 86.1 Å². The van der Waals surface area contributed by atoms with Gasteiger partial charge in [-0.05, 0) is 28.2 Å². The van der Waals surface area contributed by atoms with Gasteiger partial charge in [0.2, 0.25) is 5.91 Å². The second kappa shape index (κ2) is 8.88. The van der Waals surface area contributed by atoms with Crippen molar-refractivity contribution in [3.05, 3.63) is 0 Å². The second-order valence-corrected chi connectivity index (χ2v) is 4.88. The van der Waals surface area contributed by atoms with E-state index >= 15 is 0 Å². The van der Waals surface area contributed by atoms with Crippen LogP contribution in [0.1, 0.15) is 12.8 Å². The first kappa shape index (κ1) is 16.9. The zero-order valence-corrected chi connectivity index (χ0v) is 11.8. The van der Waals surface area contributed by atoms with Gasteiger partial charge >= 0.3 is 5.97 Å². The van der Waals surface area contributed by atoms with Crippen molar-refractivity contribution < 1.29 is 14.7 Å². The van der Waals surface area contributed by atoms with Crippen LogP contribution in [0.2, 0.25) is 0 Å². The number of amides is 1. The maximum Gasteiger partial charge on any atom is 0.303 e. The maximum atomic E-state index is 11.9. The Bertz CT molecular complexity index is 255. The van der Waals surface area contributed by atoms with Crippen molar-refractivity contribution in [1.82, 2.24) is 14.7 Å². The van der Waals surface area contributed by atoms with Crippen molar-refractivity contribution >= 4 is 11.9 Å². The van der Waals surface area contributed by atoms with E-state index in [-0.39, 0.29) is 18.7 Å². The van der Waals surface area contributed by atoms with Gasteiger partial charge in [0.25, 0.3) is 0 Å². The van der Waals surface area contributed by atoms with Gasteiger partial charge in [0, 0.05) is 32.6 Å². The molecule has 0 aromatic rings. The minimum absolute atomic E-state index is 0.0796. The van der Waals surface area contributed by atoms with Crippen LogP contribution >= 0.6 is 0 Å². The van der Waals surface area contributed by atoms with Crippen LogP contribution in [0.25, 0.3) is 0 Å². The molecule has 0 atom stereocenters. The van der Waals surface area contributed by atoms with E-state index in [4.69, 9.17) is 5.11 Å². The lowest BCUT2D eigenvalue weighted by Crippen LogP contribution is -2.40. The topological polar surface area (TPSA) is 64.1 Å². The standard InChI is InChI=1S/C12H25N3O3/c1-13(2)7-9-15(10-8-14(3)4)11(16)5-6-12(17)18/h5-10H2,1-4H3,(H,17,18). The Balaban J connectivity index is 4.24. The van der Waals surface area contributed by atoms with Crippen LogP contribution in [-0.2, 0) is 9.59 Å². The summed E-state index contributed by atoms with van der Waals surface area (Å²) in [5, 5.41) is 8.59. The molecule has 1 amide bonds. The van der Waals surface area contributed by atoms with Crippen LogP contribution in [0.5, 0.6) is 0 Å². The summed E-state index contributed by atoms with van der Waals surface area (Å²) in [6, 6.07) is 0. The smallest absolute Gasteiger partial charge is 0.303 e. The predicted octanol–water partition coefficient (Wildman–Crippen LogP) is -0.197. The molecule has 0 bridgehead atoms. The molecule has 6 nitrogen and oxygen atoms in total. The van der Waals surface area contributed by atoms with Crippen LogP contribution in [0.15, 0.2) is 0 Å². The fourth-order valence-corrected chi connectivity index (χ4v) is 1.37. The average Bonchev–Trinajstić information content (AvgIpc) is 2.25. The molecule has 6 heteroatoms. The molecule has 0 aliphatic heterocycles. The lowest BCUT2D eigenvalue weighted by molar-refractivity contribution is -0.141. The van der Waals surface area contributed by atoms with Gasteiger partial charge in [0.05, 0.1) is 6.42 Å². The van der Waals surface area contributed by atoms with Crippen molar-refractivity contribution in [1.29, 1.82) is 0 Å². The lowest BCUT2D eigenvalue weighted by Gasteiger charge is -2.25. The predicted molar refractivity (Wildman–Crippen MR) is 70.6 cm³/mol. The van der Waals surface area contributed by atoms with E-state index in [0.29, 0.717) is 13.1 Å². The van der Waals surface area contributed by atoms with E-state index in [0.717, 1.165) is 13.1 Å². The van der Waals surface area contributed by atoms with Gasteiger partial charge in [0.15, 0.2) is 0 Å². The Labute approximate surface area is 109 Å². The summed E-state index contributed by atoms with van der Waals surface area (Å²) in [6.45, 7) is 2.84. The monoisotopic (exact) mass is 259 g/mol. The highest BCUT2D eigenvalue weighted by Crippen LogP contribution is 1.99. The van der Waals surface area contributed by atoms with Gasteiger partial charge in [-0.1, -0.05) is 0 Å². The molecule has 0 rings (SSSR count). The lowest BCUT2D eigenvalue weighted by atomic mass is 10.2. The van der Waals surface area contributed by atoms with Crippen molar-refractivity contribution in [2.75, 3.05) is 54.4 Å². The normalized spacial score (nSPS) is 11.0. The molecule has 0 spiro atoms. The average molecular weight is 259 g/mol. The Hall–Kier alpha value is -1.14. The zero-order chi connectivity index (χ0) is 14.1. The second-order valence-electron chi connectivity index (χ2n) is 4.88. The van der Waals surface area contributed by atoms with Crippen LogP contribution in [0.4, 0.5) is 0 Å². The number of carbonyl (C=O) groups excluding carboxylic acids is 1. The minimum Gasteiger partial charge on any atom is -0.481 e. The molecule has 0 aromatic heterocycles. The third kappa shape index (κ3) is 8.95. The first-order valence-electron chi connectivity index (χ1n) is 6.12. The maximum absolute atomic E-state index is 11.9. The van der Waals surface area contributed by atoms with Gasteiger partial charge in [-0.3, -0.25) is 9.59 Å². The molecular weight excluding hydrogens is 234 g/mol. The highest BCUT2D eigenvalue weighted by Gasteiger charge is 2.14. The molecule has 0 unspecified atom stereocenters. The SMILES string of the molecule is CN(C)CCN(CCN(C)C)C(=O)CCC(=O)O. The zero-order valence-electron chi connectivity index (χ0n) is 11.8. The Morgan fingerprint density at radius 2 is 1.28 bits per heavy atom. The number of carboxylic acids is 1. The summed E-state index contributed by atoms with van der Waals surface area (Å²) < 4.78 is 0. The van der Waals surface area contributed by atoms with E-state index in [1.807, 2.05) is 38.0 Å². The van der Waals surface area contributed by atoms with E-state index in [2.05, 4.69) is 0 Å². The molecule has 0 radical (unpaired) electrons. The van der Waals surface area contributed by atoms with Gasteiger partial charge in [0.1, 0.15) is 0 Å². The molecule has 0 aliphatic rings. The quantitative estimate of drug-likeness (QED) is 0.621. The van der Waals surface area contributed by atoms with Crippen LogP contribution in [0.3, 0.4) is 0 Å². The summed E-state index contributed by atoms with van der Waals surface area (Å²) in [7, 11) is 7.80. The number of hydrogen-bond donors (Lipinski definition) is 1. The van der Waals surface area contributed by atoms with E-state index in [1.54, 1.807) is 4.90 Å². The van der Waals surface area contributed by atoms with Gasteiger partial charge in [-0.2, -0.15) is 0 Å². The van der Waals surface area contributed by atoms with E-state index in [9.17, 15) is 9.59 Å². The number of rotatable bonds is 9. The number of hydrogen-bond acceptors (Lipinski definition) is 4. The van der Waals surface area contributed by atoms with Gasteiger partial charge < -0.3 is 19.8 Å². The van der Waals surface area contributed by atoms with Crippen LogP contribution in [0, 0.1) is 0 Å². The number of aliphatic carboxylic acids is 1. The summed E-state index contributed by atoms with van der Waals surface area (Å²) in [5.41, 5.74) is 0. The highest BCUT2D eigenvalue weighted by molar-refractivity contribution is 5.80. The molecule has 0 fully saturated rings. The molecule has 0 heterocycles. The molecule has 0 saturated carbocycles. The third-order valence-electron chi connectivity index (χ3n) is 2.54. The van der Waals surface area contributed by atoms with E-state index < -0.39 is 5.97 Å². The van der Waals surface area contributed by atoms with Crippen LogP contribution < -0.4 is 0 Å². The summed E-state index contributed by atoms with van der Waals surface area (Å²) >= 11 is 0. The molecule has 106 valence electrons. The Kier molecular flexibility index (Phi) is 8.32. The molecular formula is C12H25N3O3. The molecule has 1 N–H and O–H groups in total. The molecule has 18 heavy (non-hydrogen) atoms. The van der Waals surface area contributed by atoms with Gasteiger partial charge in [-0.25, -0.2) is 0 Å². The highest BCUT2D eigenvalue weighted by atomic mass is 16.4. The minimum atomic E-state index is -0.927. The van der Waals surface area contributed by atoms with E-state index in [1.165, 1.54) is 0 Å². The number of likely N-dealkylation sites (N-methyl/N-ethyl adjacent to an activating group) is 2. The Morgan fingerprint density at radius 3 is 1.61 bits per heavy atom. The summed E-state index contributed by atoms with van der Waals surface area (Å²) in [5.74, 6) is -1.01. The Morgan fingerprint density at radius 1 is 0.833 bits per heavy atom. The first-order chi connectivity index (χ1) is 8.32. The van der Waals surface area contributed by atoms with Crippen molar-refractivity contribution in [2.24, 2.45) is 0 Å². The fraction of sp³-hybridized carbons (Fsp3) is 0.833. The van der Waals surface area contributed by atoms with Gasteiger partial charge in [-0.15, -0.1) is 0 Å². The van der Waals surface area contributed by atoms with Crippen molar-refractivity contribution in [3.63, 3.8) is 0 Å². The van der Waals surface area contributed by atoms with Crippen molar-refractivity contribution in [3.8, 4) is 0 Å². The number of nitrogens with zero attached hydrogens (tertiary/aromatic N) is 3. The number of carboxylic acid groups (broad SMARTS) is 1. The molecule has 0 aliphatic carbocycles. The largest absolute Gasteiger partial charge is 0.481 e. The number of carbonyl (C=O) groups is 2. The summed E-state index contributed by atoms with van der Waals surface area (Å²) in [6.07, 6.45) is -0.0184. The fourth-order valence-electron chi connectivity index (χ4n) is 1.37. The summed E-state index contributed by atoms with van der Waals surface area (Å²) in [4.78, 5) is 28.1. The molecule has 0 aromatic carbocycles. The van der Waals surface area contributed by atoms with Crippen molar-refractivity contribution in [2.45, 2.75) is 12.8 Å².